The summed E-state index contributed by atoms with van der Waals surface area (Å²) >= 11 is 0. The van der Waals surface area contributed by atoms with Gasteiger partial charge in [0.1, 0.15) is 12.6 Å². The Morgan fingerprint density at radius 2 is 1.96 bits per heavy atom. The standard InChI is InChI=1S/C18H23N3O5/c1-3-11(2)17(18(25)26)20-14(22)8-9-16(24)21-10-15(23)19-12-6-4-5-7-13(12)21/h4-7,11,17H,3,8-10H2,1-2H3,(H,19,23)(H,20,22)(H,25,26). The predicted molar refractivity (Wildman–Crippen MR) is 95.7 cm³/mol. The number of para-hydroxylation sites is 2. The number of fused-ring (bicyclic) bond motifs is 1. The molecule has 0 radical (unpaired) electrons. The number of carbonyl (C=O) groups is 4. The minimum atomic E-state index is -1.10. The van der Waals surface area contributed by atoms with Gasteiger partial charge in [-0.05, 0) is 18.1 Å². The number of amides is 3. The highest BCUT2D eigenvalue weighted by Gasteiger charge is 2.28. The summed E-state index contributed by atoms with van der Waals surface area (Å²) in [6, 6.07) is 5.94. The van der Waals surface area contributed by atoms with E-state index in [0.29, 0.717) is 17.8 Å². The Kier molecular flexibility index (Phi) is 6.32. The van der Waals surface area contributed by atoms with Gasteiger partial charge in [0.15, 0.2) is 0 Å². The number of carboxylic acid groups (broad SMARTS) is 1. The monoisotopic (exact) mass is 361 g/mol. The number of rotatable bonds is 7. The Morgan fingerprint density at radius 1 is 1.27 bits per heavy atom. The molecule has 26 heavy (non-hydrogen) atoms. The molecule has 3 N–H and O–H groups in total. The molecule has 0 spiro atoms. The molecule has 2 unspecified atom stereocenters. The van der Waals surface area contributed by atoms with Crippen molar-refractivity contribution in [2.24, 2.45) is 5.92 Å². The van der Waals surface area contributed by atoms with E-state index in [9.17, 15) is 24.3 Å². The van der Waals surface area contributed by atoms with E-state index >= 15 is 0 Å². The zero-order valence-corrected chi connectivity index (χ0v) is 14.8. The first-order chi connectivity index (χ1) is 12.3. The minimum Gasteiger partial charge on any atom is -0.480 e. The predicted octanol–water partition coefficient (Wildman–Crippen LogP) is 1.37. The molecule has 2 rings (SSSR count). The van der Waals surface area contributed by atoms with Crippen molar-refractivity contribution in [3.8, 4) is 0 Å². The lowest BCUT2D eigenvalue weighted by molar-refractivity contribution is -0.143. The van der Waals surface area contributed by atoms with Crippen LogP contribution >= 0.6 is 0 Å². The van der Waals surface area contributed by atoms with Gasteiger partial charge in [0, 0.05) is 12.8 Å². The smallest absolute Gasteiger partial charge is 0.326 e. The Morgan fingerprint density at radius 3 is 2.62 bits per heavy atom. The fourth-order valence-electron chi connectivity index (χ4n) is 2.74. The minimum absolute atomic E-state index is 0.109. The first kappa shape index (κ1) is 19.4. The molecule has 8 nitrogen and oxygen atoms in total. The van der Waals surface area contributed by atoms with E-state index in [-0.39, 0.29) is 37.1 Å². The molecule has 3 amide bonds. The molecule has 0 aromatic heterocycles. The molecule has 8 heteroatoms. The number of aliphatic carboxylic acids is 1. The van der Waals surface area contributed by atoms with Crippen LogP contribution in [0.1, 0.15) is 33.1 Å². The maximum Gasteiger partial charge on any atom is 0.326 e. The molecule has 1 heterocycles. The van der Waals surface area contributed by atoms with Crippen LogP contribution in [0.5, 0.6) is 0 Å². The van der Waals surface area contributed by atoms with Gasteiger partial charge >= 0.3 is 5.97 Å². The van der Waals surface area contributed by atoms with Gasteiger partial charge in [-0.25, -0.2) is 4.79 Å². The van der Waals surface area contributed by atoms with Crippen LogP contribution in [0, 0.1) is 5.92 Å². The summed E-state index contributed by atoms with van der Waals surface area (Å²) in [7, 11) is 0. The van der Waals surface area contributed by atoms with Gasteiger partial charge in [-0.15, -0.1) is 0 Å². The summed E-state index contributed by atoms with van der Waals surface area (Å²) in [5, 5.41) is 14.4. The van der Waals surface area contributed by atoms with Crippen molar-refractivity contribution in [2.75, 3.05) is 16.8 Å². The SMILES string of the molecule is CCC(C)C(NC(=O)CCC(=O)N1CC(=O)Nc2ccccc21)C(=O)O. The fraction of sp³-hybridized carbons (Fsp3) is 0.444. The van der Waals surface area contributed by atoms with E-state index in [1.807, 2.05) is 6.92 Å². The molecule has 0 saturated carbocycles. The van der Waals surface area contributed by atoms with Crippen molar-refractivity contribution >= 4 is 35.1 Å². The maximum atomic E-state index is 12.5. The molecular formula is C18H23N3O5. The summed E-state index contributed by atoms with van der Waals surface area (Å²) in [6.07, 6.45) is 0.357. The highest BCUT2D eigenvalue weighted by molar-refractivity contribution is 6.10. The van der Waals surface area contributed by atoms with Crippen LogP contribution in [0.15, 0.2) is 24.3 Å². The number of hydrogen-bond donors (Lipinski definition) is 3. The first-order valence-electron chi connectivity index (χ1n) is 8.54. The molecule has 1 aromatic carbocycles. The largest absolute Gasteiger partial charge is 0.480 e. The van der Waals surface area contributed by atoms with Crippen molar-refractivity contribution in [2.45, 2.75) is 39.2 Å². The zero-order valence-electron chi connectivity index (χ0n) is 14.8. The molecule has 1 aromatic rings. The average Bonchev–Trinajstić information content (AvgIpc) is 2.62. The molecule has 1 aliphatic rings. The highest BCUT2D eigenvalue weighted by Crippen LogP contribution is 2.29. The van der Waals surface area contributed by atoms with E-state index in [0.717, 1.165) is 0 Å². The lowest BCUT2D eigenvalue weighted by Gasteiger charge is -2.29. The van der Waals surface area contributed by atoms with E-state index < -0.39 is 17.9 Å². The highest BCUT2D eigenvalue weighted by atomic mass is 16.4. The van der Waals surface area contributed by atoms with E-state index in [1.54, 1.807) is 31.2 Å². The van der Waals surface area contributed by atoms with Crippen molar-refractivity contribution < 1.29 is 24.3 Å². The third-order valence-corrected chi connectivity index (χ3v) is 4.43. The third kappa shape index (κ3) is 4.59. The summed E-state index contributed by atoms with van der Waals surface area (Å²) < 4.78 is 0. The second kappa shape index (κ2) is 8.46. The van der Waals surface area contributed by atoms with Crippen molar-refractivity contribution in [1.82, 2.24) is 5.32 Å². The first-order valence-corrected chi connectivity index (χ1v) is 8.54. The van der Waals surface area contributed by atoms with Gasteiger partial charge in [-0.1, -0.05) is 32.4 Å². The molecule has 0 saturated heterocycles. The van der Waals surface area contributed by atoms with Crippen LogP contribution in [0.4, 0.5) is 11.4 Å². The molecule has 0 fully saturated rings. The van der Waals surface area contributed by atoms with Crippen molar-refractivity contribution in [3.05, 3.63) is 24.3 Å². The normalized spacial score (nSPS) is 15.5. The summed E-state index contributed by atoms with van der Waals surface area (Å²) in [5.41, 5.74) is 1.13. The second-order valence-electron chi connectivity index (χ2n) is 6.31. The number of benzene rings is 1. The summed E-state index contributed by atoms with van der Waals surface area (Å²) in [4.78, 5) is 48.9. The van der Waals surface area contributed by atoms with Gasteiger partial charge in [0.05, 0.1) is 11.4 Å². The van der Waals surface area contributed by atoms with E-state index in [2.05, 4.69) is 10.6 Å². The van der Waals surface area contributed by atoms with Crippen LogP contribution in [0.2, 0.25) is 0 Å². The number of nitrogens with one attached hydrogen (secondary N) is 2. The number of hydrogen-bond acceptors (Lipinski definition) is 4. The summed E-state index contributed by atoms with van der Waals surface area (Å²) in [6.45, 7) is 3.48. The van der Waals surface area contributed by atoms with Gasteiger partial charge in [-0.3, -0.25) is 14.4 Å². The van der Waals surface area contributed by atoms with Gasteiger partial charge < -0.3 is 20.6 Å². The topological polar surface area (TPSA) is 116 Å². The number of anilines is 2. The van der Waals surface area contributed by atoms with E-state index in [4.69, 9.17) is 0 Å². The van der Waals surface area contributed by atoms with Gasteiger partial charge in [0.2, 0.25) is 17.7 Å². The molecule has 140 valence electrons. The number of carboxylic acids is 1. The van der Waals surface area contributed by atoms with Crippen molar-refractivity contribution in [1.29, 1.82) is 0 Å². The van der Waals surface area contributed by atoms with Gasteiger partial charge in [-0.2, -0.15) is 0 Å². The van der Waals surface area contributed by atoms with Crippen LogP contribution in [0.3, 0.4) is 0 Å². The Hall–Kier alpha value is -2.90. The molecular weight excluding hydrogens is 338 g/mol. The average molecular weight is 361 g/mol. The molecule has 1 aliphatic heterocycles. The Labute approximate surface area is 151 Å². The number of carbonyl (C=O) groups excluding carboxylic acids is 3. The Bertz CT molecular complexity index is 719. The van der Waals surface area contributed by atoms with Gasteiger partial charge in [0.25, 0.3) is 0 Å². The Balaban J connectivity index is 1.97. The third-order valence-electron chi connectivity index (χ3n) is 4.43. The molecule has 0 bridgehead atoms. The van der Waals surface area contributed by atoms with Crippen LogP contribution < -0.4 is 15.5 Å². The quantitative estimate of drug-likeness (QED) is 0.678. The van der Waals surface area contributed by atoms with Crippen molar-refractivity contribution in [3.63, 3.8) is 0 Å². The van der Waals surface area contributed by atoms with Crippen LogP contribution in [-0.2, 0) is 19.2 Å². The lowest BCUT2D eigenvalue weighted by Crippen LogP contribution is -2.46. The fourth-order valence-corrected chi connectivity index (χ4v) is 2.74. The molecule has 0 aliphatic carbocycles. The lowest BCUT2D eigenvalue weighted by atomic mass is 9.99. The number of nitrogens with zero attached hydrogens (tertiary/aromatic N) is 1. The maximum absolute atomic E-state index is 12.5. The molecule has 2 atom stereocenters. The van der Waals surface area contributed by atoms with Crippen LogP contribution in [0.25, 0.3) is 0 Å². The van der Waals surface area contributed by atoms with E-state index in [1.165, 1.54) is 4.90 Å². The van der Waals surface area contributed by atoms with Crippen LogP contribution in [-0.4, -0.2) is 41.4 Å². The second-order valence-corrected chi connectivity index (χ2v) is 6.31. The summed E-state index contributed by atoms with van der Waals surface area (Å²) in [5.74, 6) is -2.48. The zero-order chi connectivity index (χ0) is 19.3.